The van der Waals surface area contributed by atoms with Gasteiger partial charge in [-0.3, -0.25) is 0 Å². The van der Waals surface area contributed by atoms with Crippen molar-refractivity contribution in [2.24, 2.45) is 0 Å². The molecule has 3 N–H and O–H groups in total. The molecule has 96 valence electrons. The Hall–Kier alpha value is -2.54. The Labute approximate surface area is 112 Å². The zero-order chi connectivity index (χ0) is 13.8. The van der Waals surface area contributed by atoms with E-state index in [2.05, 4.69) is 16.4 Å². The van der Waals surface area contributed by atoms with Gasteiger partial charge < -0.3 is 11.1 Å². The number of aryl methyl sites for hydroxylation is 2. The van der Waals surface area contributed by atoms with E-state index in [-0.39, 0.29) is 0 Å². The molecule has 1 aromatic heterocycles. The van der Waals surface area contributed by atoms with Crippen LogP contribution in [0.1, 0.15) is 22.4 Å². The molecule has 0 aliphatic carbocycles. The molecule has 4 heteroatoms. The topological polar surface area (TPSA) is 74.7 Å². The molecule has 2 rings (SSSR count). The molecule has 0 unspecified atom stereocenters. The van der Waals surface area contributed by atoms with Crippen LogP contribution in [0.4, 0.5) is 11.5 Å². The van der Waals surface area contributed by atoms with Crippen molar-refractivity contribution in [2.75, 3.05) is 11.1 Å². The van der Waals surface area contributed by atoms with Gasteiger partial charge in [0, 0.05) is 17.9 Å². The fraction of sp³-hybridized carbons (Fsp3) is 0.200. The van der Waals surface area contributed by atoms with Gasteiger partial charge in [0.05, 0.1) is 5.56 Å². The number of nitrogens with zero attached hydrogens (tertiary/aromatic N) is 2. The Kier molecular flexibility index (Phi) is 3.67. The van der Waals surface area contributed by atoms with Gasteiger partial charge in [0.1, 0.15) is 11.9 Å². The lowest BCUT2D eigenvalue weighted by Gasteiger charge is -2.10. The van der Waals surface area contributed by atoms with Crippen LogP contribution < -0.4 is 11.1 Å². The second kappa shape index (κ2) is 5.40. The molecule has 4 nitrogen and oxygen atoms in total. The normalized spacial score (nSPS) is 9.95. The summed E-state index contributed by atoms with van der Waals surface area (Å²) in [7, 11) is 0. The molecule has 0 spiro atoms. The molecule has 0 saturated carbocycles. The molecular formula is C15H16N4. The van der Waals surface area contributed by atoms with Crippen molar-refractivity contribution < 1.29 is 0 Å². The molecule has 0 bridgehead atoms. The van der Waals surface area contributed by atoms with Gasteiger partial charge in [-0.25, -0.2) is 4.98 Å². The first-order valence-corrected chi connectivity index (χ1v) is 6.07. The lowest BCUT2D eigenvalue weighted by Crippen LogP contribution is -2.05. The maximum atomic E-state index is 9.18. The molecule has 2 aromatic rings. The summed E-state index contributed by atoms with van der Waals surface area (Å²) < 4.78 is 0. The highest BCUT2D eigenvalue weighted by Crippen LogP contribution is 2.18. The van der Waals surface area contributed by atoms with Crippen LogP contribution in [0.25, 0.3) is 0 Å². The number of hydrogen-bond donors (Lipinski definition) is 2. The van der Waals surface area contributed by atoms with Crippen LogP contribution in [0.5, 0.6) is 0 Å². The van der Waals surface area contributed by atoms with Gasteiger partial charge in [0.25, 0.3) is 0 Å². The second-order valence-electron chi connectivity index (χ2n) is 4.51. The van der Waals surface area contributed by atoms with Gasteiger partial charge in [-0.05, 0) is 43.2 Å². The summed E-state index contributed by atoms with van der Waals surface area (Å²) in [5.41, 5.74) is 9.92. The summed E-state index contributed by atoms with van der Waals surface area (Å²) in [5, 5.41) is 12.4. The number of rotatable bonds is 3. The van der Waals surface area contributed by atoms with Crippen molar-refractivity contribution in [3.05, 3.63) is 52.7 Å². The third kappa shape index (κ3) is 3.02. The number of aromatic nitrogens is 1. The van der Waals surface area contributed by atoms with Gasteiger partial charge in [-0.2, -0.15) is 5.26 Å². The molecule has 0 saturated heterocycles. The lowest BCUT2D eigenvalue weighted by molar-refractivity contribution is 1.07. The number of nitriles is 1. The molecule has 0 atom stereocenters. The van der Waals surface area contributed by atoms with E-state index in [0.717, 1.165) is 22.5 Å². The SMILES string of the molecule is Cc1cc(C)c(C#N)c(NCc2ccc(N)cc2)n1. The molecule has 0 fully saturated rings. The van der Waals surface area contributed by atoms with E-state index in [9.17, 15) is 5.26 Å². The summed E-state index contributed by atoms with van der Waals surface area (Å²) in [4.78, 5) is 4.38. The van der Waals surface area contributed by atoms with E-state index in [4.69, 9.17) is 5.73 Å². The minimum atomic E-state index is 0.598. The van der Waals surface area contributed by atoms with Crippen LogP contribution in [0.3, 0.4) is 0 Å². The number of nitrogens with one attached hydrogen (secondary N) is 1. The fourth-order valence-corrected chi connectivity index (χ4v) is 1.93. The van der Waals surface area contributed by atoms with E-state index >= 15 is 0 Å². The minimum Gasteiger partial charge on any atom is -0.399 e. The van der Waals surface area contributed by atoms with Crippen molar-refractivity contribution >= 4 is 11.5 Å². The minimum absolute atomic E-state index is 0.598. The highest BCUT2D eigenvalue weighted by molar-refractivity contribution is 5.56. The Morgan fingerprint density at radius 2 is 1.95 bits per heavy atom. The van der Waals surface area contributed by atoms with Crippen LogP contribution in [0.2, 0.25) is 0 Å². The lowest BCUT2D eigenvalue weighted by atomic mass is 10.1. The average molecular weight is 252 g/mol. The third-order valence-corrected chi connectivity index (χ3v) is 2.90. The molecule has 0 aliphatic rings. The van der Waals surface area contributed by atoms with E-state index in [1.165, 1.54) is 0 Å². The molecule has 0 aliphatic heterocycles. The predicted molar refractivity (Wildman–Crippen MR) is 76.6 cm³/mol. The van der Waals surface area contributed by atoms with E-state index in [1.807, 2.05) is 44.2 Å². The largest absolute Gasteiger partial charge is 0.399 e. The molecule has 0 amide bonds. The summed E-state index contributed by atoms with van der Waals surface area (Å²) in [6, 6.07) is 11.7. The predicted octanol–water partition coefficient (Wildman–Crippen LogP) is 2.76. The van der Waals surface area contributed by atoms with Gasteiger partial charge in [-0.15, -0.1) is 0 Å². The number of hydrogen-bond acceptors (Lipinski definition) is 4. The van der Waals surface area contributed by atoms with Gasteiger partial charge in [0.2, 0.25) is 0 Å². The smallest absolute Gasteiger partial charge is 0.144 e. The molecule has 1 aromatic carbocycles. The first-order valence-electron chi connectivity index (χ1n) is 6.07. The monoisotopic (exact) mass is 252 g/mol. The van der Waals surface area contributed by atoms with Gasteiger partial charge in [0.15, 0.2) is 0 Å². The van der Waals surface area contributed by atoms with Crippen molar-refractivity contribution in [3.8, 4) is 6.07 Å². The third-order valence-electron chi connectivity index (χ3n) is 2.90. The average Bonchev–Trinajstić information content (AvgIpc) is 2.37. The highest BCUT2D eigenvalue weighted by atomic mass is 15.0. The van der Waals surface area contributed by atoms with Crippen molar-refractivity contribution in [1.29, 1.82) is 5.26 Å². The molecule has 1 heterocycles. The van der Waals surface area contributed by atoms with Crippen LogP contribution in [-0.4, -0.2) is 4.98 Å². The summed E-state index contributed by atoms with van der Waals surface area (Å²) in [6.07, 6.45) is 0. The molecule has 0 radical (unpaired) electrons. The van der Waals surface area contributed by atoms with Crippen molar-refractivity contribution in [3.63, 3.8) is 0 Å². The quantitative estimate of drug-likeness (QED) is 0.824. The Morgan fingerprint density at radius 3 is 2.58 bits per heavy atom. The van der Waals surface area contributed by atoms with Crippen LogP contribution >= 0.6 is 0 Å². The Balaban J connectivity index is 2.20. The fourth-order valence-electron chi connectivity index (χ4n) is 1.93. The number of anilines is 2. The van der Waals surface area contributed by atoms with Crippen LogP contribution in [-0.2, 0) is 6.54 Å². The Morgan fingerprint density at radius 1 is 1.26 bits per heavy atom. The molecular weight excluding hydrogens is 236 g/mol. The maximum absolute atomic E-state index is 9.18. The highest BCUT2D eigenvalue weighted by Gasteiger charge is 2.07. The number of nitrogens with two attached hydrogens (primary N) is 1. The summed E-state index contributed by atoms with van der Waals surface area (Å²) in [5.74, 6) is 0.636. The van der Waals surface area contributed by atoms with Gasteiger partial charge in [-0.1, -0.05) is 12.1 Å². The first-order chi connectivity index (χ1) is 9.10. The summed E-state index contributed by atoms with van der Waals surface area (Å²) >= 11 is 0. The second-order valence-corrected chi connectivity index (χ2v) is 4.51. The zero-order valence-electron chi connectivity index (χ0n) is 11.1. The number of nitrogen functional groups attached to an aromatic ring is 1. The summed E-state index contributed by atoms with van der Waals surface area (Å²) in [6.45, 7) is 4.45. The van der Waals surface area contributed by atoms with Crippen molar-refractivity contribution in [1.82, 2.24) is 4.98 Å². The van der Waals surface area contributed by atoms with E-state index in [1.54, 1.807) is 0 Å². The first kappa shape index (κ1) is 12.9. The number of benzene rings is 1. The van der Waals surface area contributed by atoms with Gasteiger partial charge >= 0.3 is 0 Å². The van der Waals surface area contributed by atoms with Crippen LogP contribution in [0.15, 0.2) is 30.3 Å². The zero-order valence-corrected chi connectivity index (χ0v) is 11.1. The maximum Gasteiger partial charge on any atom is 0.144 e. The standard InChI is InChI=1S/C15H16N4/c1-10-7-11(2)19-15(14(10)8-16)18-9-12-3-5-13(17)6-4-12/h3-7H,9,17H2,1-2H3,(H,18,19). The van der Waals surface area contributed by atoms with E-state index < -0.39 is 0 Å². The molecule has 19 heavy (non-hydrogen) atoms. The van der Waals surface area contributed by atoms with Crippen LogP contribution in [0, 0.1) is 25.2 Å². The number of pyridine rings is 1. The van der Waals surface area contributed by atoms with E-state index in [0.29, 0.717) is 17.9 Å². The Bertz CT molecular complexity index is 624. The van der Waals surface area contributed by atoms with Crippen molar-refractivity contribution in [2.45, 2.75) is 20.4 Å².